The number of benzene rings is 1. The van der Waals surface area contributed by atoms with Crippen LogP contribution in [-0.4, -0.2) is 27.5 Å². The molecule has 0 aliphatic carbocycles. The van der Waals surface area contributed by atoms with Gasteiger partial charge in [0.05, 0.1) is 4.90 Å². The predicted molar refractivity (Wildman–Crippen MR) is 85.9 cm³/mol. The van der Waals surface area contributed by atoms with Gasteiger partial charge in [0.1, 0.15) is 0 Å². The van der Waals surface area contributed by atoms with Crippen molar-refractivity contribution >= 4 is 10.0 Å². The van der Waals surface area contributed by atoms with Gasteiger partial charge < -0.3 is 5.32 Å². The molecular formula is C16H26N2O2S. The van der Waals surface area contributed by atoms with Crippen LogP contribution in [0.4, 0.5) is 0 Å². The number of sulfonamides is 1. The maximum Gasteiger partial charge on any atom is 0.240 e. The zero-order valence-electron chi connectivity index (χ0n) is 13.1. The molecule has 1 fully saturated rings. The lowest BCUT2D eigenvalue weighted by atomic mass is 9.89. The molecule has 2 atom stereocenters. The third-order valence-electron chi connectivity index (χ3n) is 4.53. The maximum atomic E-state index is 12.4. The molecule has 1 aromatic carbocycles. The van der Waals surface area contributed by atoms with E-state index in [4.69, 9.17) is 0 Å². The summed E-state index contributed by atoms with van der Waals surface area (Å²) in [7, 11) is -3.42. The lowest BCUT2D eigenvalue weighted by molar-refractivity contribution is 0.273. The maximum absolute atomic E-state index is 12.4. The molecule has 118 valence electrons. The zero-order valence-corrected chi connectivity index (χ0v) is 14.0. The fraction of sp³-hybridized carbons (Fsp3) is 0.625. The van der Waals surface area contributed by atoms with Crippen molar-refractivity contribution in [1.82, 2.24) is 10.0 Å². The Bertz CT molecular complexity index is 584. The first-order valence-electron chi connectivity index (χ1n) is 7.74. The molecular weight excluding hydrogens is 284 g/mol. The second-order valence-electron chi connectivity index (χ2n) is 5.97. The SMILES string of the molecule is CCC1CCCNC1CNS(=O)(=O)c1ccc(C)c(C)c1. The van der Waals surface area contributed by atoms with Gasteiger partial charge in [-0.25, -0.2) is 13.1 Å². The Kier molecular flexibility index (Phi) is 5.41. The molecule has 0 spiro atoms. The van der Waals surface area contributed by atoms with Crippen LogP contribution in [0.5, 0.6) is 0 Å². The summed E-state index contributed by atoms with van der Waals surface area (Å²) in [5.74, 6) is 0.557. The van der Waals surface area contributed by atoms with Crippen LogP contribution in [-0.2, 0) is 10.0 Å². The molecule has 2 rings (SSSR count). The van der Waals surface area contributed by atoms with Gasteiger partial charge in [-0.2, -0.15) is 0 Å². The van der Waals surface area contributed by atoms with Gasteiger partial charge in [-0.3, -0.25) is 0 Å². The number of nitrogens with one attached hydrogen (secondary N) is 2. The number of hydrogen-bond acceptors (Lipinski definition) is 3. The van der Waals surface area contributed by atoms with E-state index in [0.717, 1.165) is 24.1 Å². The number of rotatable bonds is 5. The molecule has 5 heteroatoms. The Hall–Kier alpha value is -0.910. The molecule has 1 aromatic rings. The van der Waals surface area contributed by atoms with E-state index in [1.165, 1.54) is 12.8 Å². The standard InChI is InChI=1S/C16H26N2O2S/c1-4-14-6-5-9-17-16(14)11-18-21(19,20)15-8-7-12(2)13(3)10-15/h7-8,10,14,16-18H,4-6,9,11H2,1-3H3. The number of piperidine rings is 1. The largest absolute Gasteiger partial charge is 0.312 e. The third-order valence-corrected chi connectivity index (χ3v) is 5.95. The lowest BCUT2D eigenvalue weighted by Gasteiger charge is -2.32. The lowest BCUT2D eigenvalue weighted by Crippen LogP contribution is -2.48. The average molecular weight is 310 g/mol. The Labute approximate surface area is 128 Å². The van der Waals surface area contributed by atoms with Crippen molar-refractivity contribution in [3.63, 3.8) is 0 Å². The molecule has 2 N–H and O–H groups in total. The highest BCUT2D eigenvalue weighted by atomic mass is 32.2. The first-order valence-corrected chi connectivity index (χ1v) is 9.22. The molecule has 1 heterocycles. The Balaban J connectivity index is 2.05. The Morgan fingerprint density at radius 2 is 2.05 bits per heavy atom. The fourth-order valence-electron chi connectivity index (χ4n) is 2.91. The molecule has 0 radical (unpaired) electrons. The molecule has 1 saturated heterocycles. The summed E-state index contributed by atoms with van der Waals surface area (Å²) in [5, 5.41) is 3.44. The van der Waals surface area contributed by atoms with E-state index in [9.17, 15) is 8.42 Å². The van der Waals surface area contributed by atoms with E-state index >= 15 is 0 Å². The minimum Gasteiger partial charge on any atom is -0.312 e. The highest BCUT2D eigenvalue weighted by molar-refractivity contribution is 7.89. The summed E-state index contributed by atoms with van der Waals surface area (Å²) in [5.41, 5.74) is 2.11. The first-order chi connectivity index (χ1) is 9.94. The van der Waals surface area contributed by atoms with Crippen LogP contribution in [0, 0.1) is 19.8 Å². The topological polar surface area (TPSA) is 58.2 Å². The second kappa shape index (κ2) is 6.90. The molecule has 21 heavy (non-hydrogen) atoms. The first kappa shape index (κ1) is 16.5. The van der Waals surface area contributed by atoms with E-state index in [1.54, 1.807) is 12.1 Å². The fourth-order valence-corrected chi connectivity index (χ4v) is 4.06. The van der Waals surface area contributed by atoms with E-state index in [2.05, 4.69) is 17.0 Å². The van der Waals surface area contributed by atoms with Gasteiger partial charge in [-0.05, 0) is 62.4 Å². The van der Waals surface area contributed by atoms with Crippen LogP contribution < -0.4 is 10.0 Å². The zero-order chi connectivity index (χ0) is 15.5. The molecule has 0 amide bonds. The van der Waals surface area contributed by atoms with Crippen LogP contribution in [0.3, 0.4) is 0 Å². The Morgan fingerprint density at radius 1 is 1.29 bits per heavy atom. The van der Waals surface area contributed by atoms with Crippen molar-refractivity contribution < 1.29 is 8.42 Å². The van der Waals surface area contributed by atoms with Crippen LogP contribution >= 0.6 is 0 Å². The van der Waals surface area contributed by atoms with Gasteiger partial charge >= 0.3 is 0 Å². The minimum atomic E-state index is -3.42. The highest BCUT2D eigenvalue weighted by Crippen LogP contribution is 2.20. The van der Waals surface area contributed by atoms with Gasteiger partial charge in [0.15, 0.2) is 0 Å². The average Bonchev–Trinajstić information content (AvgIpc) is 2.48. The quantitative estimate of drug-likeness (QED) is 0.878. The van der Waals surface area contributed by atoms with Crippen LogP contribution in [0.25, 0.3) is 0 Å². The van der Waals surface area contributed by atoms with Crippen molar-refractivity contribution in [3.05, 3.63) is 29.3 Å². The Morgan fingerprint density at radius 3 is 2.71 bits per heavy atom. The van der Waals surface area contributed by atoms with Gasteiger partial charge in [0.2, 0.25) is 10.0 Å². The van der Waals surface area contributed by atoms with Gasteiger partial charge in [0, 0.05) is 12.6 Å². The summed E-state index contributed by atoms with van der Waals surface area (Å²) in [4.78, 5) is 0.356. The summed E-state index contributed by atoms with van der Waals surface area (Å²) in [6.45, 7) is 7.53. The highest BCUT2D eigenvalue weighted by Gasteiger charge is 2.25. The number of aryl methyl sites for hydroxylation is 2. The summed E-state index contributed by atoms with van der Waals surface area (Å²) in [6, 6.07) is 5.52. The van der Waals surface area contributed by atoms with Crippen LogP contribution in [0.2, 0.25) is 0 Å². The van der Waals surface area contributed by atoms with Crippen molar-refractivity contribution in [1.29, 1.82) is 0 Å². The van der Waals surface area contributed by atoms with E-state index in [-0.39, 0.29) is 6.04 Å². The van der Waals surface area contributed by atoms with E-state index in [1.807, 2.05) is 19.9 Å². The van der Waals surface area contributed by atoms with Crippen molar-refractivity contribution in [2.45, 2.75) is 51.0 Å². The van der Waals surface area contributed by atoms with E-state index in [0.29, 0.717) is 17.4 Å². The van der Waals surface area contributed by atoms with Crippen LogP contribution in [0.15, 0.2) is 23.1 Å². The van der Waals surface area contributed by atoms with Gasteiger partial charge in [-0.15, -0.1) is 0 Å². The smallest absolute Gasteiger partial charge is 0.240 e. The summed E-state index contributed by atoms with van der Waals surface area (Å²) in [6.07, 6.45) is 3.45. The molecule has 4 nitrogen and oxygen atoms in total. The molecule has 0 bridgehead atoms. The van der Waals surface area contributed by atoms with Gasteiger partial charge in [-0.1, -0.05) is 19.4 Å². The van der Waals surface area contributed by atoms with Crippen molar-refractivity contribution in [3.8, 4) is 0 Å². The second-order valence-corrected chi connectivity index (χ2v) is 7.74. The summed E-state index contributed by atoms with van der Waals surface area (Å²) >= 11 is 0. The predicted octanol–water partition coefficient (Wildman–Crippen LogP) is 2.36. The van der Waals surface area contributed by atoms with Crippen molar-refractivity contribution in [2.24, 2.45) is 5.92 Å². The summed E-state index contributed by atoms with van der Waals surface area (Å²) < 4.78 is 27.6. The molecule has 1 aliphatic rings. The van der Waals surface area contributed by atoms with E-state index < -0.39 is 10.0 Å². The molecule has 1 aliphatic heterocycles. The van der Waals surface area contributed by atoms with Crippen molar-refractivity contribution in [2.75, 3.05) is 13.1 Å². The monoisotopic (exact) mass is 310 g/mol. The van der Waals surface area contributed by atoms with Crippen LogP contribution in [0.1, 0.15) is 37.3 Å². The molecule has 2 unspecified atom stereocenters. The minimum absolute atomic E-state index is 0.241. The van der Waals surface area contributed by atoms with Gasteiger partial charge in [0.25, 0.3) is 0 Å². The normalized spacial score (nSPS) is 23.2. The molecule has 0 saturated carbocycles. The number of hydrogen-bond donors (Lipinski definition) is 2. The molecule has 0 aromatic heterocycles. The third kappa shape index (κ3) is 4.05.